The van der Waals surface area contributed by atoms with Gasteiger partial charge in [0.15, 0.2) is 0 Å². The zero-order chi connectivity index (χ0) is 20.9. The van der Waals surface area contributed by atoms with Gasteiger partial charge in [0, 0.05) is 12.8 Å². The van der Waals surface area contributed by atoms with Crippen molar-refractivity contribution in [1.29, 1.82) is 0 Å². The lowest BCUT2D eigenvalue weighted by atomic mass is 10.1. The molecule has 0 spiro atoms. The summed E-state index contributed by atoms with van der Waals surface area (Å²) in [7, 11) is 0. The molecule has 0 atom stereocenters. The molecule has 0 aliphatic carbocycles. The van der Waals surface area contributed by atoms with Crippen LogP contribution in [0.4, 0.5) is 0 Å². The number of carbonyl (C=O) groups excluding carboxylic acids is 2. The standard InChI is InChI=1S/C24H44O4/c1-4-5-6-7-8-11-14-17-20-27-23(25)18-15-12-9-10-13-16-19-24(26)28-21-22(2)3/h8,11,22H,4-7,9-10,12-21H2,1-3H3/b11-8+. The predicted molar refractivity (Wildman–Crippen MR) is 116 cm³/mol. The van der Waals surface area contributed by atoms with Gasteiger partial charge in [-0.25, -0.2) is 0 Å². The fourth-order valence-electron chi connectivity index (χ4n) is 2.78. The van der Waals surface area contributed by atoms with E-state index in [4.69, 9.17) is 9.47 Å². The van der Waals surface area contributed by atoms with Gasteiger partial charge in [-0.3, -0.25) is 9.59 Å². The van der Waals surface area contributed by atoms with Crippen molar-refractivity contribution in [1.82, 2.24) is 0 Å². The topological polar surface area (TPSA) is 52.6 Å². The van der Waals surface area contributed by atoms with Crippen molar-refractivity contribution in [2.45, 2.75) is 111 Å². The summed E-state index contributed by atoms with van der Waals surface area (Å²) in [5, 5.41) is 0. The summed E-state index contributed by atoms with van der Waals surface area (Å²) in [5.74, 6) is 0.246. The second-order valence-corrected chi connectivity index (χ2v) is 8.03. The normalized spacial score (nSPS) is 11.3. The average Bonchev–Trinajstić information content (AvgIpc) is 2.67. The van der Waals surface area contributed by atoms with Crippen LogP contribution in [0.1, 0.15) is 111 Å². The lowest BCUT2D eigenvalue weighted by Crippen LogP contribution is -2.09. The van der Waals surface area contributed by atoms with Crippen LogP contribution in [0.15, 0.2) is 12.2 Å². The first-order valence-corrected chi connectivity index (χ1v) is 11.5. The molecule has 0 saturated carbocycles. The molecule has 0 aliphatic rings. The molecule has 0 N–H and O–H groups in total. The van der Waals surface area contributed by atoms with E-state index < -0.39 is 0 Å². The number of hydrogen-bond donors (Lipinski definition) is 0. The molecule has 0 bridgehead atoms. The maximum atomic E-state index is 11.7. The zero-order valence-corrected chi connectivity index (χ0v) is 18.7. The molecule has 0 fully saturated rings. The molecular formula is C24H44O4. The number of carbonyl (C=O) groups is 2. The molecule has 0 unspecified atom stereocenters. The summed E-state index contributed by atoms with van der Waals surface area (Å²) in [6, 6.07) is 0. The SMILES string of the molecule is CCCCC/C=C/CCCOC(=O)CCCCCCCCC(=O)OCC(C)C. The number of ether oxygens (including phenoxy) is 2. The minimum atomic E-state index is -0.0802. The van der Waals surface area contributed by atoms with Crippen LogP contribution in [0.5, 0.6) is 0 Å². The first kappa shape index (κ1) is 26.7. The molecule has 0 aromatic heterocycles. The van der Waals surface area contributed by atoms with E-state index in [0.29, 0.717) is 32.0 Å². The van der Waals surface area contributed by atoms with Gasteiger partial charge in [-0.1, -0.05) is 71.4 Å². The molecule has 0 rings (SSSR count). The highest BCUT2D eigenvalue weighted by molar-refractivity contribution is 5.69. The fourth-order valence-corrected chi connectivity index (χ4v) is 2.78. The van der Waals surface area contributed by atoms with Gasteiger partial charge < -0.3 is 9.47 Å². The Morgan fingerprint density at radius 2 is 1.25 bits per heavy atom. The summed E-state index contributed by atoms with van der Waals surface area (Å²) in [5.41, 5.74) is 0. The van der Waals surface area contributed by atoms with Crippen LogP contribution in [0, 0.1) is 5.92 Å². The van der Waals surface area contributed by atoms with Crippen molar-refractivity contribution in [3.8, 4) is 0 Å². The maximum absolute atomic E-state index is 11.7. The van der Waals surface area contributed by atoms with Crippen molar-refractivity contribution in [3.05, 3.63) is 12.2 Å². The van der Waals surface area contributed by atoms with Gasteiger partial charge in [0.1, 0.15) is 0 Å². The second kappa shape index (κ2) is 20.4. The van der Waals surface area contributed by atoms with Gasteiger partial charge in [0.25, 0.3) is 0 Å². The Balaban J connectivity index is 3.32. The summed E-state index contributed by atoms with van der Waals surface area (Å²) in [6.07, 6.45) is 18.5. The van der Waals surface area contributed by atoms with E-state index in [1.54, 1.807) is 0 Å². The number of hydrogen-bond acceptors (Lipinski definition) is 4. The minimum Gasteiger partial charge on any atom is -0.466 e. The predicted octanol–water partition coefficient (Wildman–Crippen LogP) is 6.77. The van der Waals surface area contributed by atoms with E-state index in [0.717, 1.165) is 57.8 Å². The summed E-state index contributed by atoms with van der Waals surface area (Å²) >= 11 is 0. The van der Waals surface area contributed by atoms with Crippen LogP contribution >= 0.6 is 0 Å². The Bertz CT molecular complexity index is 401. The zero-order valence-electron chi connectivity index (χ0n) is 18.7. The minimum absolute atomic E-state index is 0.0696. The van der Waals surface area contributed by atoms with Crippen LogP contribution in [0.3, 0.4) is 0 Å². The van der Waals surface area contributed by atoms with Crippen molar-refractivity contribution < 1.29 is 19.1 Å². The summed E-state index contributed by atoms with van der Waals surface area (Å²) < 4.78 is 10.4. The largest absolute Gasteiger partial charge is 0.466 e. The molecule has 0 amide bonds. The number of rotatable bonds is 19. The Hall–Kier alpha value is -1.32. The van der Waals surface area contributed by atoms with Crippen molar-refractivity contribution >= 4 is 11.9 Å². The van der Waals surface area contributed by atoms with E-state index >= 15 is 0 Å². The number of unbranched alkanes of at least 4 members (excludes halogenated alkanes) is 9. The molecule has 0 aromatic carbocycles. The smallest absolute Gasteiger partial charge is 0.305 e. The highest BCUT2D eigenvalue weighted by Crippen LogP contribution is 2.10. The van der Waals surface area contributed by atoms with Gasteiger partial charge in [-0.2, -0.15) is 0 Å². The Morgan fingerprint density at radius 1 is 0.714 bits per heavy atom. The molecule has 0 heterocycles. The fraction of sp³-hybridized carbons (Fsp3) is 0.833. The number of esters is 2. The Kier molecular flexibility index (Phi) is 19.5. The van der Waals surface area contributed by atoms with E-state index in [1.165, 1.54) is 19.3 Å². The van der Waals surface area contributed by atoms with Crippen molar-refractivity contribution in [2.24, 2.45) is 5.92 Å². The third kappa shape index (κ3) is 21.0. The van der Waals surface area contributed by atoms with Crippen LogP contribution in [-0.2, 0) is 19.1 Å². The first-order chi connectivity index (χ1) is 13.6. The molecule has 0 aliphatic heterocycles. The summed E-state index contributed by atoms with van der Waals surface area (Å²) in [6.45, 7) is 7.34. The van der Waals surface area contributed by atoms with Gasteiger partial charge in [-0.15, -0.1) is 0 Å². The van der Waals surface area contributed by atoms with Gasteiger partial charge >= 0.3 is 11.9 Å². The van der Waals surface area contributed by atoms with E-state index in [-0.39, 0.29) is 11.9 Å². The van der Waals surface area contributed by atoms with Gasteiger partial charge in [0.05, 0.1) is 13.2 Å². The van der Waals surface area contributed by atoms with Crippen LogP contribution < -0.4 is 0 Å². The quantitative estimate of drug-likeness (QED) is 0.137. The molecule has 28 heavy (non-hydrogen) atoms. The first-order valence-electron chi connectivity index (χ1n) is 11.5. The molecule has 164 valence electrons. The Morgan fingerprint density at radius 3 is 1.82 bits per heavy atom. The van der Waals surface area contributed by atoms with Crippen LogP contribution in [0.2, 0.25) is 0 Å². The lowest BCUT2D eigenvalue weighted by molar-refractivity contribution is -0.145. The molecule has 4 nitrogen and oxygen atoms in total. The molecule has 0 radical (unpaired) electrons. The summed E-state index contributed by atoms with van der Waals surface area (Å²) in [4.78, 5) is 23.2. The van der Waals surface area contributed by atoms with Crippen LogP contribution in [-0.4, -0.2) is 25.2 Å². The van der Waals surface area contributed by atoms with E-state index in [9.17, 15) is 9.59 Å². The molecule has 0 aromatic rings. The van der Waals surface area contributed by atoms with Crippen molar-refractivity contribution in [2.75, 3.05) is 13.2 Å². The number of allylic oxidation sites excluding steroid dienone is 2. The van der Waals surface area contributed by atoms with Gasteiger partial charge in [0.2, 0.25) is 0 Å². The van der Waals surface area contributed by atoms with Crippen LogP contribution in [0.25, 0.3) is 0 Å². The lowest BCUT2D eigenvalue weighted by Gasteiger charge is -2.07. The monoisotopic (exact) mass is 396 g/mol. The molecule has 4 heteroatoms. The van der Waals surface area contributed by atoms with Gasteiger partial charge in [-0.05, 0) is 44.4 Å². The highest BCUT2D eigenvalue weighted by atomic mass is 16.5. The van der Waals surface area contributed by atoms with E-state index in [1.807, 2.05) is 13.8 Å². The Labute approximate surface area is 173 Å². The maximum Gasteiger partial charge on any atom is 0.305 e. The molecule has 0 saturated heterocycles. The highest BCUT2D eigenvalue weighted by Gasteiger charge is 2.05. The molecular weight excluding hydrogens is 352 g/mol. The third-order valence-electron chi connectivity index (χ3n) is 4.51. The second-order valence-electron chi connectivity index (χ2n) is 8.03. The third-order valence-corrected chi connectivity index (χ3v) is 4.51. The van der Waals surface area contributed by atoms with E-state index in [2.05, 4.69) is 19.1 Å². The average molecular weight is 397 g/mol. The van der Waals surface area contributed by atoms with Crippen molar-refractivity contribution in [3.63, 3.8) is 0 Å².